The van der Waals surface area contributed by atoms with Crippen LogP contribution in [0.25, 0.3) is 10.2 Å². The Hall–Kier alpha value is -5.14. The number of thiazole rings is 1. The van der Waals surface area contributed by atoms with Crippen LogP contribution < -0.4 is 15.8 Å². The van der Waals surface area contributed by atoms with Crippen LogP contribution in [0.3, 0.4) is 0 Å². The van der Waals surface area contributed by atoms with Crippen molar-refractivity contribution in [2.24, 2.45) is 0 Å². The number of benzene rings is 3. The van der Waals surface area contributed by atoms with Gasteiger partial charge in [-0.15, -0.1) is 6.58 Å². The number of nitrogens with two attached hydrogens (primary N) is 1. The summed E-state index contributed by atoms with van der Waals surface area (Å²) in [6.07, 6.45) is 1.86. The largest absolute Gasteiger partial charge is 0.508 e. The molecule has 0 aliphatic carbocycles. The van der Waals surface area contributed by atoms with Crippen LogP contribution in [0.2, 0.25) is 0 Å². The van der Waals surface area contributed by atoms with E-state index in [4.69, 9.17) is 10.5 Å². The fourth-order valence-corrected chi connectivity index (χ4v) is 7.24. The molecule has 1 aromatic heterocycles. The van der Waals surface area contributed by atoms with E-state index >= 15 is 0 Å². The number of carbonyl (C=O) groups is 3. The van der Waals surface area contributed by atoms with Crippen molar-refractivity contribution in [3.8, 4) is 11.5 Å². The highest BCUT2D eigenvalue weighted by molar-refractivity contribution is 7.22. The first kappa shape index (κ1) is 32.8. The summed E-state index contributed by atoms with van der Waals surface area (Å²) in [6, 6.07) is 17.2. The van der Waals surface area contributed by atoms with Crippen molar-refractivity contribution in [1.82, 2.24) is 30.1 Å². The summed E-state index contributed by atoms with van der Waals surface area (Å²) in [5, 5.41) is 16.9. The van der Waals surface area contributed by atoms with Crippen molar-refractivity contribution < 1.29 is 24.2 Å². The number of ether oxygens (including phenoxy) is 1. The van der Waals surface area contributed by atoms with Gasteiger partial charge in [0.2, 0.25) is 11.8 Å². The van der Waals surface area contributed by atoms with Gasteiger partial charge in [0, 0.05) is 19.5 Å². The van der Waals surface area contributed by atoms with Crippen LogP contribution in [-0.2, 0) is 35.5 Å². The highest BCUT2D eigenvalue weighted by Gasteiger charge is 2.52. The van der Waals surface area contributed by atoms with Gasteiger partial charge in [-0.1, -0.05) is 60.7 Å². The van der Waals surface area contributed by atoms with Crippen molar-refractivity contribution in [2.45, 2.75) is 45.1 Å². The third kappa shape index (κ3) is 6.51. The highest BCUT2D eigenvalue weighted by atomic mass is 32.1. The molecule has 0 spiro atoms. The number of aromatic hydroxyl groups is 1. The zero-order valence-electron chi connectivity index (χ0n) is 27.0. The molecule has 13 heteroatoms. The van der Waals surface area contributed by atoms with Gasteiger partial charge in [0.05, 0.1) is 37.0 Å². The van der Waals surface area contributed by atoms with Gasteiger partial charge in [-0.2, -0.15) is 5.01 Å². The number of piperazine rings is 1. The van der Waals surface area contributed by atoms with Crippen LogP contribution in [0.5, 0.6) is 11.5 Å². The molecule has 12 nitrogen and oxygen atoms in total. The van der Waals surface area contributed by atoms with Gasteiger partial charge in [-0.25, -0.2) is 9.78 Å². The van der Waals surface area contributed by atoms with Gasteiger partial charge in [0.15, 0.2) is 5.13 Å². The molecule has 2 aliphatic heterocycles. The van der Waals surface area contributed by atoms with Gasteiger partial charge in [0.1, 0.15) is 23.7 Å². The standard InChI is InChI=1S/C35H39N7O5S/c1-4-15-40(35(46)37-18-22-9-12-26(47-3)13-10-22)41-21-31(44)42-27(17-23-11-14-28(43)24(5-2)16-23)33(45)39(20-30(41)42)19-25-7-6-8-29-32(25)38-34(36)48-29/h4,6-14,16,27,30,43H,1,5,15,17-21H2,2-3H3,(H2,36,38)(H,37,46)/t27-,30+/m0/s1. The minimum absolute atomic E-state index is 0.0833. The van der Waals surface area contributed by atoms with Gasteiger partial charge >= 0.3 is 6.03 Å². The Morgan fingerprint density at radius 2 is 1.94 bits per heavy atom. The Labute approximate surface area is 283 Å². The number of hydrogen-bond acceptors (Lipinski definition) is 9. The number of methoxy groups -OCH3 is 1. The number of nitrogens with zero attached hydrogens (tertiary/aromatic N) is 5. The summed E-state index contributed by atoms with van der Waals surface area (Å²) in [7, 11) is 1.59. The number of urea groups is 1. The van der Waals surface area contributed by atoms with Crippen LogP contribution in [0.1, 0.15) is 29.2 Å². The number of amides is 4. The van der Waals surface area contributed by atoms with E-state index in [-0.39, 0.29) is 56.7 Å². The van der Waals surface area contributed by atoms with Gasteiger partial charge in [-0.05, 0) is 52.9 Å². The molecule has 0 saturated carbocycles. The van der Waals surface area contributed by atoms with Crippen molar-refractivity contribution >= 4 is 44.5 Å². The summed E-state index contributed by atoms with van der Waals surface area (Å²) >= 11 is 1.38. The molecule has 2 saturated heterocycles. The average molecular weight is 670 g/mol. The first-order valence-corrected chi connectivity index (χ1v) is 16.6. The van der Waals surface area contributed by atoms with Crippen molar-refractivity contribution in [3.63, 3.8) is 0 Å². The normalized spacial score (nSPS) is 17.9. The van der Waals surface area contributed by atoms with E-state index in [1.807, 2.05) is 55.5 Å². The Kier molecular flexibility index (Phi) is 9.51. The summed E-state index contributed by atoms with van der Waals surface area (Å²) < 4.78 is 6.16. The number of fused-ring (bicyclic) bond motifs is 2. The zero-order chi connectivity index (χ0) is 33.9. The van der Waals surface area contributed by atoms with Crippen molar-refractivity contribution in [1.29, 1.82) is 0 Å². The number of hydrogen-bond donors (Lipinski definition) is 3. The molecule has 4 N–H and O–H groups in total. The first-order valence-electron chi connectivity index (χ1n) is 15.8. The number of phenolic OH excluding ortho intramolecular Hbond substituents is 1. The predicted molar refractivity (Wildman–Crippen MR) is 184 cm³/mol. The number of aromatic nitrogens is 1. The first-order chi connectivity index (χ1) is 23.2. The SMILES string of the molecule is C=CCN(C(=O)NCc1ccc(OC)cc1)N1CC(=O)N2[C@@H](Cc3ccc(O)c(CC)c3)C(=O)N(Cc3cccc4sc(N)nc34)C[C@@H]21. The number of anilines is 1. The molecule has 250 valence electrons. The molecule has 2 aliphatic rings. The number of nitrogen functional groups attached to an aromatic ring is 1. The molecule has 3 aromatic carbocycles. The second-order valence-corrected chi connectivity index (χ2v) is 12.9. The second kappa shape index (κ2) is 13.9. The molecule has 0 unspecified atom stereocenters. The minimum atomic E-state index is -0.830. The van der Waals surface area contributed by atoms with E-state index in [9.17, 15) is 19.5 Å². The van der Waals surface area contributed by atoms with Crippen LogP contribution in [-0.4, -0.2) is 86.7 Å². The van der Waals surface area contributed by atoms with Crippen LogP contribution in [0, 0.1) is 0 Å². The fourth-order valence-electron chi connectivity index (χ4n) is 6.46. The molecule has 0 bridgehead atoms. The third-order valence-corrected chi connectivity index (χ3v) is 9.70. The van der Waals surface area contributed by atoms with Crippen LogP contribution in [0.15, 0.2) is 73.3 Å². The Bertz CT molecular complexity index is 1840. The predicted octanol–water partition coefficient (Wildman–Crippen LogP) is 3.89. The molecule has 6 rings (SSSR count). The molecule has 4 amide bonds. The molecule has 2 fully saturated rings. The Morgan fingerprint density at radius 1 is 1.17 bits per heavy atom. The van der Waals surface area contributed by atoms with Gasteiger partial charge < -0.3 is 30.7 Å². The monoisotopic (exact) mass is 669 g/mol. The smallest absolute Gasteiger partial charge is 0.332 e. The van der Waals surface area contributed by atoms with Crippen molar-refractivity contribution in [2.75, 3.05) is 32.5 Å². The van der Waals surface area contributed by atoms with E-state index in [1.165, 1.54) is 16.3 Å². The number of rotatable bonds is 11. The summed E-state index contributed by atoms with van der Waals surface area (Å²) in [5.41, 5.74) is 10.1. The van der Waals surface area contributed by atoms with Gasteiger partial charge in [-0.3, -0.25) is 14.6 Å². The van der Waals surface area contributed by atoms with E-state index in [0.717, 1.165) is 32.5 Å². The topological polar surface area (TPSA) is 145 Å². The maximum absolute atomic E-state index is 14.3. The Morgan fingerprint density at radius 3 is 2.67 bits per heavy atom. The summed E-state index contributed by atoms with van der Waals surface area (Å²) in [4.78, 5) is 49.7. The fraction of sp³-hybridized carbons (Fsp3) is 0.314. The Balaban J connectivity index is 1.31. The molecular formula is C35H39N7O5S. The lowest BCUT2D eigenvalue weighted by atomic mass is 9.97. The minimum Gasteiger partial charge on any atom is -0.508 e. The van der Waals surface area contributed by atoms with E-state index < -0.39 is 18.2 Å². The summed E-state index contributed by atoms with van der Waals surface area (Å²) in [5.74, 6) is 0.453. The second-order valence-electron chi connectivity index (χ2n) is 11.8. The zero-order valence-corrected chi connectivity index (χ0v) is 27.8. The molecule has 2 atom stereocenters. The van der Waals surface area contributed by atoms with E-state index in [0.29, 0.717) is 17.3 Å². The van der Waals surface area contributed by atoms with E-state index in [1.54, 1.807) is 40.1 Å². The maximum atomic E-state index is 14.3. The number of hydrazine groups is 1. The molecular weight excluding hydrogens is 630 g/mol. The number of aryl methyl sites for hydroxylation is 1. The lowest BCUT2D eigenvalue weighted by Gasteiger charge is -2.46. The molecule has 48 heavy (non-hydrogen) atoms. The number of carbonyl (C=O) groups excluding carboxylic acids is 3. The summed E-state index contributed by atoms with van der Waals surface area (Å²) in [6.45, 7) is 6.57. The van der Waals surface area contributed by atoms with Crippen molar-refractivity contribution in [3.05, 3.63) is 95.6 Å². The van der Waals surface area contributed by atoms with E-state index in [2.05, 4.69) is 16.9 Å². The number of para-hydroxylation sites is 1. The lowest BCUT2D eigenvalue weighted by Crippen LogP contribution is -2.66. The highest BCUT2D eigenvalue weighted by Crippen LogP contribution is 2.33. The molecule has 4 aromatic rings. The van der Waals surface area contributed by atoms with Gasteiger partial charge in [0.25, 0.3) is 0 Å². The maximum Gasteiger partial charge on any atom is 0.332 e. The third-order valence-electron chi connectivity index (χ3n) is 8.85. The quantitative estimate of drug-likeness (QED) is 0.204. The lowest BCUT2D eigenvalue weighted by molar-refractivity contribution is -0.157. The average Bonchev–Trinajstić information content (AvgIpc) is 3.64. The van der Waals surface area contributed by atoms with Crippen LogP contribution >= 0.6 is 11.3 Å². The molecule has 3 heterocycles. The number of phenols is 1. The molecule has 0 radical (unpaired) electrons. The van der Waals surface area contributed by atoms with Crippen LogP contribution in [0.4, 0.5) is 9.93 Å². The number of nitrogens with one attached hydrogen (secondary N) is 1.